The minimum Gasteiger partial charge on any atom is -0.352 e. The molecule has 2 atom stereocenters. The fourth-order valence-electron chi connectivity index (χ4n) is 3.62. The molecular formula is C16H26N4. The van der Waals surface area contributed by atoms with Crippen molar-refractivity contribution in [3.05, 3.63) is 18.1 Å². The Bertz CT molecular complexity index is 446. The first kappa shape index (κ1) is 13.8. The average molecular weight is 274 g/mol. The van der Waals surface area contributed by atoms with Crippen LogP contribution in [0.4, 0.5) is 5.82 Å². The lowest BCUT2D eigenvalue weighted by atomic mass is 9.85. The van der Waals surface area contributed by atoms with Crippen LogP contribution < -0.4 is 10.2 Å². The fourth-order valence-corrected chi connectivity index (χ4v) is 3.62. The van der Waals surface area contributed by atoms with Gasteiger partial charge in [0, 0.05) is 31.4 Å². The van der Waals surface area contributed by atoms with Crippen molar-refractivity contribution >= 4 is 5.82 Å². The highest BCUT2D eigenvalue weighted by atomic mass is 15.2. The molecule has 0 radical (unpaired) electrons. The second-order valence-electron chi connectivity index (χ2n) is 6.50. The average Bonchev–Trinajstić information content (AvgIpc) is 2.89. The van der Waals surface area contributed by atoms with Crippen molar-refractivity contribution in [1.82, 2.24) is 15.3 Å². The predicted molar refractivity (Wildman–Crippen MR) is 81.7 cm³/mol. The van der Waals surface area contributed by atoms with Gasteiger partial charge in [-0.1, -0.05) is 26.7 Å². The summed E-state index contributed by atoms with van der Waals surface area (Å²) in [6.45, 7) is 6.28. The number of anilines is 1. The Balaban J connectivity index is 1.71. The van der Waals surface area contributed by atoms with E-state index in [1.807, 2.05) is 12.4 Å². The second-order valence-corrected chi connectivity index (χ2v) is 6.50. The van der Waals surface area contributed by atoms with Crippen LogP contribution in [-0.4, -0.2) is 28.6 Å². The maximum atomic E-state index is 4.82. The monoisotopic (exact) mass is 274 g/mol. The first-order valence-corrected chi connectivity index (χ1v) is 8.05. The quantitative estimate of drug-likeness (QED) is 0.916. The molecule has 1 N–H and O–H groups in total. The molecule has 0 bridgehead atoms. The van der Waals surface area contributed by atoms with Gasteiger partial charge in [0.1, 0.15) is 5.82 Å². The highest BCUT2D eigenvalue weighted by Gasteiger charge is 2.36. The zero-order valence-electron chi connectivity index (χ0n) is 12.7. The van der Waals surface area contributed by atoms with E-state index in [-0.39, 0.29) is 0 Å². The first-order chi connectivity index (χ1) is 9.74. The van der Waals surface area contributed by atoms with Crippen LogP contribution in [0, 0.1) is 5.92 Å². The Kier molecular flexibility index (Phi) is 4.20. The van der Waals surface area contributed by atoms with Crippen molar-refractivity contribution in [3.8, 4) is 0 Å². The number of rotatable bonds is 4. The molecule has 2 aliphatic rings. The predicted octanol–water partition coefficient (Wildman–Crippen LogP) is 2.74. The van der Waals surface area contributed by atoms with E-state index < -0.39 is 0 Å². The summed E-state index contributed by atoms with van der Waals surface area (Å²) in [4.78, 5) is 11.7. The van der Waals surface area contributed by atoms with Gasteiger partial charge in [0.2, 0.25) is 0 Å². The molecule has 1 aromatic rings. The number of nitrogens with one attached hydrogen (secondary N) is 1. The minimum absolute atomic E-state index is 0.481. The highest BCUT2D eigenvalue weighted by molar-refractivity contribution is 5.40. The highest BCUT2D eigenvalue weighted by Crippen LogP contribution is 2.37. The van der Waals surface area contributed by atoms with Crippen LogP contribution >= 0.6 is 0 Å². The van der Waals surface area contributed by atoms with Crippen molar-refractivity contribution in [3.63, 3.8) is 0 Å². The minimum atomic E-state index is 0.481. The summed E-state index contributed by atoms with van der Waals surface area (Å²) in [5, 5.41) is 3.41. The van der Waals surface area contributed by atoms with E-state index in [1.165, 1.54) is 32.1 Å². The van der Waals surface area contributed by atoms with Crippen molar-refractivity contribution in [2.45, 2.75) is 64.6 Å². The molecule has 2 unspecified atom stereocenters. The van der Waals surface area contributed by atoms with Gasteiger partial charge in [0.15, 0.2) is 0 Å². The van der Waals surface area contributed by atoms with E-state index in [2.05, 4.69) is 29.0 Å². The Labute approximate surface area is 122 Å². The zero-order chi connectivity index (χ0) is 13.9. The lowest BCUT2D eigenvalue weighted by Crippen LogP contribution is -2.35. The Hall–Kier alpha value is -1.16. The Morgan fingerprint density at radius 2 is 2.10 bits per heavy atom. The molecule has 0 amide bonds. The summed E-state index contributed by atoms with van der Waals surface area (Å²) in [6.07, 6.45) is 10.7. The molecule has 1 aliphatic carbocycles. The first-order valence-electron chi connectivity index (χ1n) is 8.05. The van der Waals surface area contributed by atoms with Gasteiger partial charge in [0.05, 0.1) is 11.9 Å². The van der Waals surface area contributed by atoms with Crippen LogP contribution in [0.3, 0.4) is 0 Å². The van der Waals surface area contributed by atoms with Gasteiger partial charge in [-0.05, 0) is 25.2 Å². The summed E-state index contributed by atoms with van der Waals surface area (Å²) < 4.78 is 0. The van der Waals surface area contributed by atoms with E-state index in [0.717, 1.165) is 30.5 Å². The van der Waals surface area contributed by atoms with Crippen LogP contribution in [0.2, 0.25) is 0 Å². The van der Waals surface area contributed by atoms with Crippen LogP contribution in [0.1, 0.15) is 51.6 Å². The lowest BCUT2D eigenvalue weighted by Gasteiger charge is -2.32. The third-order valence-corrected chi connectivity index (χ3v) is 4.67. The summed E-state index contributed by atoms with van der Waals surface area (Å²) in [5.74, 6) is 1.98. The fraction of sp³-hybridized carbons (Fsp3) is 0.750. The molecule has 2 fully saturated rings. The molecular weight excluding hydrogens is 248 g/mol. The van der Waals surface area contributed by atoms with Gasteiger partial charge in [-0.15, -0.1) is 0 Å². The molecule has 1 aromatic heterocycles. The molecule has 0 spiro atoms. The summed E-state index contributed by atoms with van der Waals surface area (Å²) in [5.41, 5.74) is 1.05. The van der Waals surface area contributed by atoms with Crippen LogP contribution in [0.25, 0.3) is 0 Å². The molecule has 1 aliphatic heterocycles. The second kappa shape index (κ2) is 6.08. The summed E-state index contributed by atoms with van der Waals surface area (Å²) in [6, 6.07) is 1.20. The molecule has 20 heavy (non-hydrogen) atoms. The van der Waals surface area contributed by atoms with Gasteiger partial charge in [0.25, 0.3) is 0 Å². The maximum Gasteiger partial charge on any atom is 0.147 e. The maximum absolute atomic E-state index is 4.82. The topological polar surface area (TPSA) is 41.1 Å². The molecule has 110 valence electrons. The lowest BCUT2D eigenvalue weighted by molar-refractivity contribution is 0.341. The number of nitrogens with zero attached hydrogens (tertiary/aromatic N) is 3. The van der Waals surface area contributed by atoms with Crippen LogP contribution in [0.15, 0.2) is 12.4 Å². The molecule has 0 aromatic carbocycles. The van der Waals surface area contributed by atoms with E-state index in [1.54, 1.807) is 0 Å². The SMILES string of the molecule is CC(C)NCc1cncc(N2CCC3CCCCC32)n1. The van der Waals surface area contributed by atoms with Crippen molar-refractivity contribution in [1.29, 1.82) is 0 Å². The van der Waals surface area contributed by atoms with Crippen LogP contribution in [-0.2, 0) is 6.54 Å². The molecule has 4 heteroatoms. The normalized spacial score (nSPS) is 26.1. The van der Waals surface area contributed by atoms with Gasteiger partial charge < -0.3 is 10.2 Å². The van der Waals surface area contributed by atoms with Crippen molar-refractivity contribution in [2.24, 2.45) is 5.92 Å². The van der Waals surface area contributed by atoms with E-state index >= 15 is 0 Å². The number of hydrogen-bond acceptors (Lipinski definition) is 4. The molecule has 1 saturated heterocycles. The van der Waals surface area contributed by atoms with Gasteiger partial charge in [-0.25, -0.2) is 4.98 Å². The van der Waals surface area contributed by atoms with Gasteiger partial charge >= 0.3 is 0 Å². The van der Waals surface area contributed by atoms with Gasteiger partial charge in [-0.2, -0.15) is 0 Å². The molecule has 3 rings (SSSR count). The van der Waals surface area contributed by atoms with E-state index in [0.29, 0.717) is 12.1 Å². The Morgan fingerprint density at radius 3 is 2.95 bits per heavy atom. The molecule has 4 nitrogen and oxygen atoms in total. The van der Waals surface area contributed by atoms with E-state index in [9.17, 15) is 0 Å². The van der Waals surface area contributed by atoms with Gasteiger partial charge in [-0.3, -0.25) is 4.98 Å². The number of hydrogen-bond donors (Lipinski definition) is 1. The Morgan fingerprint density at radius 1 is 1.25 bits per heavy atom. The summed E-state index contributed by atoms with van der Waals surface area (Å²) in [7, 11) is 0. The van der Waals surface area contributed by atoms with Crippen LogP contribution in [0.5, 0.6) is 0 Å². The summed E-state index contributed by atoms with van der Waals surface area (Å²) >= 11 is 0. The van der Waals surface area contributed by atoms with E-state index in [4.69, 9.17) is 4.98 Å². The smallest absolute Gasteiger partial charge is 0.147 e. The van der Waals surface area contributed by atoms with Crippen molar-refractivity contribution in [2.75, 3.05) is 11.4 Å². The largest absolute Gasteiger partial charge is 0.352 e. The molecule has 1 saturated carbocycles. The number of aromatic nitrogens is 2. The number of fused-ring (bicyclic) bond motifs is 1. The third-order valence-electron chi connectivity index (χ3n) is 4.67. The molecule has 2 heterocycles. The zero-order valence-corrected chi connectivity index (χ0v) is 12.7. The standard InChI is InChI=1S/C16H26N4/c1-12(2)18-10-14-9-17-11-16(19-14)20-8-7-13-5-3-4-6-15(13)20/h9,11-13,15,18H,3-8,10H2,1-2H3. The van der Waals surface area contributed by atoms with Crippen molar-refractivity contribution < 1.29 is 0 Å². The third kappa shape index (κ3) is 2.95.